The van der Waals surface area contributed by atoms with Crippen molar-refractivity contribution in [3.8, 4) is 18.1 Å². The van der Waals surface area contributed by atoms with Crippen molar-refractivity contribution in [2.45, 2.75) is 30.7 Å². The second-order valence-electron chi connectivity index (χ2n) is 4.16. The van der Waals surface area contributed by atoms with Crippen molar-refractivity contribution in [1.82, 2.24) is 4.72 Å². The third kappa shape index (κ3) is 3.62. The molecule has 5 nitrogen and oxygen atoms in total. The Morgan fingerprint density at radius 3 is 2.65 bits per heavy atom. The molecule has 0 heterocycles. The van der Waals surface area contributed by atoms with E-state index in [2.05, 4.69) is 10.6 Å². The fourth-order valence-electron chi connectivity index (χ4n) is 1.68. The van der Waals surface area contributed by atoms with Gasteiger partial charge in [-0.25, -0.2) is 12.8 Å². The molecule has 1 atom stereocenters. The number of sulfonamides is 1. The number of nitrogen functional groups attached to an aromatic ring is 1. The SMILES string of the molecule is C#CC(CCC)NS(=O)(=O)c1cc(N)c(OC)c(F)c1. The molecule has 0 aliphatic heterocycles. The number of anilines is 1. The van der Waals surface area contributed by atoms with Crippen LogP contribution in [-0.2, 0) is 10.0 Å². The summed E-state index contributed by atoms with van der Waals surface area (Å²) in [5, 5.41) is 0. The minimum Gasteiger partial charge on any atom is -0.492 e. The van der Waals surface area contributed by atoms with E-state index >= 15 is 0 Å². The first-order valence-electron chi connectivity index (χ1n) is 5.97. The Morgan fingerprint density at radius 1 is 1.55 bits per heavy atom. The minimum atomic E-state index is -3.93. The molecule has 7 heteroatoms. The fourth-order valence-corrected chi connectivity index (χ4v) is 2.92. The monoisotopic (exact) mass is 300 g/mol. The summed E-state index contributed by atoms with van der Waals surface area (Å²) in [6.45, 7) is 1.88. The van der Waals surface area contributed by atoms with E-state index in [1.54, 1.807) is 0 Å². The van der Waals surface area contributed by atoms with Crippen LogP contribution in [0.5, 0.6) is 5.75 Å². The van der Waals surface area contributed by atoms with Crippen molar-refractivity contribution < 1.29 is 17.5 Å². The fraction of sp³-hybridized carbons (Fsp3) is 0.385. The largest absolute Gasteiger partial charge is 0.492 e. The highest BCUT2D eigenvalue weighted by atomic mass is 32.2. The summed E-state index contributed by atoms with van der Waals surface area (Å²) in [5.74, 6) is 1.31. The number of nitrogens with two attached hydrogens (primary N) is 1. The van der Waals surface area contributed by atoms with Crippen LogP contribution in [0, 0.1) is 18.2 Å². The van der Waals surface area contributed by atoms with E-state index in [9.17, 15) is 12.8 Å². The van der Waals surface area contributed by atoms with Gasteiger partial charge in [0.1, 0.15) is 0 Å². The van der Waals surface area contributed by atoms with E-state index in [-0.39, 0.29) is 16.3 Å². The number of ether oxygens (including phenoxy) is 1. The molecule has 0 amide bonds. The minimum absolute atomic E-state index is 0.0966. The summed E-state index contributed by atoms with van der Waals surface area (Å²) >= 11 is 0. The molecule has 1 unspecified atom stereocenters. The van der Waals surface area contributed by atoms with E-state index in [1.807, 2.05) is 6.92 Å². The van der Waals surface area contributed by atoms with Crippen molar-refractivity contribution in [2.24, 2.45) is 0 Å². The first kappa shape index (κ1) is 16.3. The molecule has 1 rings (SSSR count). The summed E-state index contributed by atoms with van der Waals surface area (Å²) in [5.41, 5.74) is 5.46. The third-order valence-electron chi connectivity index (χ3n) is 2.64. The smallest absolute Gasteiger partial charge is 0.241 e. The molecule has 0 fully saturated rings. The van der Waals surface area contributed by atoms with Crippen molar-refractivity contribution in [2.75, 3.05) is 12.8 Å². The van der Waals surface area contributed by atoms with Gasteiger partial charge < -0.3 is 10.5 Å². The van der Waals surface area contributed by atoms with E-state index < -0.39 is 21.9 Å². The average molecular weight is 300 g/mol. The van der Waals surface area contributed by atoms with Crippen LogP contribution in [0.3, 0.4) is 0 Å². The number of hydrogen-bond donors (Lipinski definition) is 2. The molecule has 0 aliphatic rings. The second kappa shape index (κ2) is 6.59. The van der Waals surface area contributed by atoms with Crippen LogP contribution in [0.15, 0.2) is 17.0 Å². The summed E-state index contributed by atoms with van der Waals surface area (Å²) in [6.07, 6.45) is 6.46. The molecule has 20 heavy (non-hydrogen) atoms. The average Bonchev–Trinajstić information content (AvgIpc) is 2.37. The van der Waals surface area contributed by atoms with Gasteiger partial charge in [-0.1, -0.05) is 19.3 Å². The summed E-state index contributed by atoms with van der Waals surface area (Å²) in [4.78, 5) is -0.287. The van der Waals surface area contributed by atoms with Crippen LogP contribution >= 0.6 is 0 Å². The van der Waals surface area contributed by atoms with E-state index in [1.165, 1.54) is 7.11 Å². The van der Waals surface area contributed by atoms with Gasteiger partial charge in [0.2, 0.25) is 10.0 Å². The van der Waals surface area contributed by atoms with Gasteiger partial charge in [-0.2, -0.15) is 4.72 Å². The molecule has 0 aromatic heterocycles. The Bertz CT molecular complexity index is 600. The number of hydrogen-bond acceptors (Lipinski definition) is 4. The molecule has 0 bridgehead atoms. The number of methoxy groups -OCH3 is 1. The lowest BCUT2D eigenvalue weighted by Gasteiger charge is -2.14. The van der Waals surface area contributed by atoms with Gasteiger partial charge in [0, 0.05) is 0 Å². The standard InChI is InChI=1S/C13H17FN2O3S/c1-4-6-9(5-2)16-20(17,18)10-7-11(14)13(19-3)12(15)8-10/h2,7-9,16H,4,6,15H2,1,3H3. The van der Waals surface area contributed by atoms with Crippen LogP contribution in [0.2, 0.25) is 0 Å². The Balaban J connectivity index is 3.14. The molecular weight excluding hydrogens is 283 g/mol. The van der Waals surface area contributed by atoms with Crippen molar-refractivity contribution >= 4 is 15.7 Å². The first-order chi connectivity index (χ1) is 9.35. The topological polar surface area (TPSA) is 81.4 Å². The predicted molar refractivity (Wildman–Crippen MR) is 75.2 cm³/mol. The molecule has 0 radical (unpaired) electrons. The highest BCUT2D eigenvalue weighted by Crippen LogP contribution is 2.28. The van der Waals surface area contributed by atoms with Gasteiger partial charge in [-0.05, 0) is 18.6 Å². The maximum Gasteiger partial charge on any atom is 0.241 e. The second-order valence-corrected chi connectivity index (χ2v) is 5.87. The van der Waals surface area contributed by atoms with Crippen LogP contribution in [-0.4, -0.2) is 21.6 Å². The van der Waals surface area contributed by atoms with E-state index in [0.717, 1.165) is 18.6 Å². The van der Waals surface area contributed by atoms with Gasteiger partial charge in [0.05, 0.1) is 23.7 Å². The van der Waals surface area contributed by atoms with Crippen molar-refractivity contribution in [1.29, 1.82) is 0 Å². The molecule has 0 aliphatic carbocycles. The molecular formula is C13H17FN2O3S. The molecule has 110 valence electrons. The lowest BCUT2D eigenvalue weighted by Crippen LogP contribution is -2.33. The quantitative estimate of drug-likeness (QED) is 0.616. The zero-order chi connectivity index (χ0) is 15.3. The van der Waals surface area contributed by atoms with Crippen LogP contribution < -0.4 is 15.2 Å². The maximum atomic E-state index is 13.7. The maximum absolute atomic E-state index is 13.7. The number of terminal acetylenes is 1. The number of halogens is 1. The van der Waals surface area contributed by atoms with Gasteiger partial charge in [0.25, 0.3) is 0 Å². The van der Waals surface area contributed by atoms with Gasteiger partial charge >= 0.3 is 0 Å². The van der Waals surface area contributed by atoms with Crippen LogP contribution in [0.25, 0.3) is 0 Å². The Hall–Kier alpha value is -1.78. The highest BCUT2D eigenvalue weighted by Gasteiger charge is 2.21. The highest BCUT2D eigenvalue weighted by molar-refractivity contribution is 7.89. The van der Waals surface area contributed by atoms with Crippen molar-refractivity contribution in [3.05, 3.63) is 17.9 Å². The number of benzene rings is 1. The number of nitrogens with one attached hydrogen (secondary N) is 1. The van der Waals surface area contributed by atoms with E-state index in [4.69, 9.17) is 16.9 Å². The molecule has 0 saturated heterocycles. The number of rotatable bonds is 6. The van der Waals surface area contributed by atoms with E-state index in [0.29, 0.717) is 6.42 Å². The third-order valence-corrected chi connectivity index (χ3v) is 4.09. The predicted octanol–water partition coefficient (Wildman–Crippen LogP) is 1.50. The molecule has 0 spiro atoms. The zero-order valence-electron chi connectivity index (χ0n) is 11.3. The molecule has 0 saturated carbocycles. The molecule has 1 aromatic rings. The molecule has 1 aromatic carbocycles. The van der Waals surface area contributed by atoms with Gasteiger partial charge in [-0.15, -0.1) is 6.42 Å². The van der Waals surface area contributed by atoms with Crippen molar-refractivity contribution in [3.63, 3.8) is 0 Å². The lowest BCUT2D eigenvalue weighted by atomic mass is 10.2. The summed E-state index contributed by atoms with van der Waals surface area (Å²) in [7, 11) is -2.68. The molecule has 3 N–H and O–H groups in total. The summed E-state index contributed by atoms with van der Waals surface area (Å²) in [6, 6.07) is 1.33. The zero-order valence-corrected chi connectivity index (χ0v) is 12.1. The van der Waals surface area contributed by atoms with Crippen LogP contribution in [0.4, 0.5) is 10.1 Å². The van der Waals surface area contributed by atoms with Crippen LogP contribution in [0.1, 0.15) is 19.8 Å². The van der Waals surface area contributed by atoms with Gasteiger partial charge in [0.15, 0.2) is 11.6 Å². The Kier molecular flexibility index (Phi) is 5.36. The van der Waals surface area contributed by atoms with Gasteiger partial charge in [-0.3, -0.25) is 0 Å². The normalized spacial score (nSPS) is 12.7. The first-order valence-corrected chi connectivity index (χ1v) is 7.45. The Labute approximate surface area is 118 Å². The Morgan fingerprint density at radius 2 is 2.20 bits per heavy atom. The summed E-state index contributed by atoms with van der Waals surface area (Å²) < 4.78 is 45.0. The lowest BCUT2D eigenvalue weighted by molar-refractivity contribution is 0.388.